The molecule has 122 valence electrons. The molecule has 3 rings (SSSR count). The highest BCUT2D eigenvalue weighted by Gasteiger charge is 2.08. The topological polar surface area (TPSA) is 69.0 Å². The molecule has 1 N–H and O–H groups in total. The van der Waals surface area contributed by atoms with E-state index in [4.69, 9.17) is 4.74 Å². The second-order valence-corrected chi connectivity index (χ2v) is 5.20. The Balaban J connectivity index is 1.58. The van der Waals surface area contributed by atoms with Crippen LogP contribution in [0, 0.1) is 0 Å². The van der Waals surface area contributed by atoms with Gasteiger partial charge in [0.25, 0.3) is 5.91 Å². The Hall–Kier alpha value is -3.15. The van der Waals surface area contributed by atoms with Gasteiger partial charge in [-0.3, -0.25) is 9.48 Å². The van der Waals surface area contributed by atoms with Crippen LogP contribution in [-0.4, -0.2) is 20.7 Å². The molecule has 2 aromatic heterocycles. The number of ether oxygens (including phenoxy) is 1. The SMILES string of the molecule is CCn1cc(NC(=O)c2ccc(OCc3ccccc3)nc2)cn1. The minimum Gasteiger partial charge on any atom is -0.473 e. The Labute approximate surface area is 140 Å². The fraction of sp³-hybridized carbons (Fsp3) is 0.167. The van der Waals surface area contributed by atoms with Gasteiger partial charge in [-0.25, -0.2) is 4.98 Å². The third kappa shape index (κ3) is 3.98. The molecular weight excluding hydrogens is 304 g/mol. The van der Waals surface area contributed by atoms with E-state index in [1.54, 1.807) is 29.2 Å². The van der Waals surface area contributed by atoms with Crippen molar-refractivity contribution in [3.63, 3.8) is 0 Å². The number of nitrogens with one attached hydrogen (secondary N) is 1. The van der Waals surface area contributed by atoms with Gasteiger partial charge in [0.2, 0.25) is 5.88 Å². The standard InChI is InChI=1S/C18H18N4O2/c1-2-22-12-16(11-20-22)21-18(23)15-8-9-17(19-10-15)24-13-14-6-4-3-5-7-14/h3-12H,2,13H2,1H3,(H,21,23). The molecule has 6 heteroatoms. The average molecular weight is 322 g/mol. The van der Waals surface area contributed by atoms with Crippen molar-refractivity contribution < 1.29 is 9.53 Å². The predicted molar refractivity (Wildman–Crippen MR) is 90.9 cm³/mol. The molecule has 1 aromatic carbocycles. The van der Waals surface area contributed by atoms with E-state index in [2.05, 4.69) is 15.4 Å². The Bertz CT molecular complexity index is 797. The van der Waals surface area contributed by atoms with Crippen molar-refractivity contribution in [3.05, 3.63) is 72.2 Å². The molecule has 0 aliphatic rings. The molecule has 0 spiro atoms. The Kier molecular flexibility index (Phi) is 4.86. The lowest BCUT2D eigenvalue weighted by Crippen LogP contribution is -2.11. The number of rotatable bonds is 6. The minimum atomic E-state index is -0.229. The van der Waals surface area contributed by atoms with Crippen LogP contribution < -0.4 is 10.1 Å². The highest BCUT2D eigenvalue weighted by molar-refractivity contribution is 6.03. The smallest absolute Gasteiger partial charge is 0.257 e. The molecule has 3 aromatic rings. The summed E-state index contributed by atoms with van der Waals surface area (Å²) in [5.74, 6) is 0.252. The zero-order valence-corrected chi connectivity index (χ0v) is 13.3. The number of carbonyl (C=O) groups excluding carboxylic acids is 1. The summed E-state index contributed by atoms with van der Waals surface area (Å²) in [6.07, 6.45) is 4.90. The summed E-state index contributed by atoms with van der Waals surface area (Å²) in [7, 11) is 0. The van der Waals surface area contributed by atoms with Crippen LogP contribution in [0.4, 0.5) is 5.69 Å². The number of benzene rings is 1. The molecule has 0 aliphatic carbocycles. The van der Waals surface area contributed by atoms with Crippen molar-refractivity contribution in [1.82, 2.24) is 14.8 Å². The molecule has 0 atom stereocenters. The van der Waals surface area contributed by atoms with Gasteiger partial charge in [0, 0.05) is 25.0 Å². The fourth-order valence-electron chi connectivity index (χ4n) is 2.14. The van der Waals surface area contributed by atoms with Gasteiger partial charge in [0.15, 0.2) is 0 Å². The van der Waals surface area contributed by atoms with Crippen LogP contribution in [0.1, 0.15) is 22.8 Å². The van der Waals surface area contributed by atoms with Gasteiger partial charge >= 0.3 is 0 Å². The van der Waals surface area contributed by atoms with Crippen molar-refractivity contribution in [2.24, 2.45) is 0 Å². The van der Waals surface area contributed by atoms with Crippen LogP contribution in [0.25, 0.3) is 0 Å². The third-order valence-corrected chi connectivity index (χ3v) is 3.44. The van der Waals surface area contributed by atoms with Gasteiger partial charge in [-0.05, 0) is 18.6 Å². The first-order valence-electron chi connectivity index (χ1n) is 7.71. The van der Waals surface area contributed by atoms with E-state index >= 15 is 0 Å². The molecule has 0 bridgehead atoms. The number of amides is 1. The van der Waals surface area contributed by atoms with Gasteiger partial charge < -0.3 is 10.1 Å². The van der Waals surface area contributed by atoms with Gasteiger partial charge in [0.1, 0.15) is 6.61 Å². The van der Waals surface area contributed by atoms with E-state index in [0.717, 1.165) is 12.1 Å². The number of aryl methyl sites for hydroxylation is 1. The number of anilines is 1. The normalized spacial score (nSPS) is 10.4. The number of carbonyl (C=O) groups is 1. The maximum Gasteiger partial charge on any atom is 0.257 e. The first-order valence-corrected chi connectivity index (χ1v) is 7.71. The molecule has 0 aliphatic heterocycles. The van der Waals surface area contributed by atoms with Crippen LogP contribution in [0.5, 0.6) is 5.88 Å². The maximum absolute atomic E-state index is 12.2. The molecule has 6 nitrogen and oxygen atoms in total. The summed E-state index contributed by atoms with van der Waals surface area (Å²) in [5, 5.41) is 6.90. The van der Waals surface area contributed by atoms with E-state index in [-0.39, 0.29) is 5.91 Å². The molecule has 0 unspecified atom stereocenters. The monoisotopic (exact) mass is 322 g/mol. The van der Waals surface area contributed by atoms with Crippen molar-refractivity contribution in [2.45, 2.75) is 20.1 Å². The quantitative estimate of drug-likeness (QED) is 0.757. The number of nitrogens with zero attached hydrogens (tertiary/aromatic N) is 3. The molecule has 0 saturated heterocycles. The Morgan fingerprint density at radius 3 is 2.67 bits per heavy atom. The molecule has 2 heterocycles. The number of hydrogen-bond donors (Lipinski definition) is 1. The summed E-state index contributed by atoms with van der Waals surface area (Å²) in [6.45, 7) is 3.18. The first-order chi connectivity index (χ1) is 11.7. The van der Waals surface area contributed by atoms with E-state index < -0.39 is 0 Å². The summed E-state index contributed by atoms with van der Waals surface area (Å²) in [6, 6.07) is 13.2. The lowest BCUT2D eigenvalue weighted by molar-refractivity contribution is 0.102. The summed E-state index contributed by atoms with van der Waals surface area (Å²) in [4.78, 5) is 16.3. The number of pyridine rings is 1. The van der Waals surface area contributed by atoms with Crippen molar-refractivity contribution in [3.8, 4) is 5.88 Å². The molecular formula is C18H18N4O2. The number of hydrogen-bond acceptors (Lipinski definition) is 4. The van der Waals surface area contributed by atoms with Crippen LogP contribution in [0.2, 0.25) is 0 Å². The molecule has 0 radical (unpaired) electrons. The molecule has 24 heavy (non-hydrogen) atoms. The highest BCUT2D eigenvalue weighted by Crippen LogP contribution is 2.12. The van der Waals surface area contributed by atoms with E-state index in [1.807, 2.05) is 37.3 Å². The number of aromatic nitrogens is 3. The third-order valence-electron chi connectivity index (χ3n) is 3.44. The van der Waals surface area contributed by atoms with Crippen LogP contribution >= 0.6 is 0 Å². The summed E-state index contributed by atoms with van der Waals surface area (Å²) < 4.78 is 7.35. The molecule has 1 amide bonds. The van der Waals surface area contributed by atoms with E-state index in [0.29, 0.717) is 23.7 Å². The van der Waals surface area contributed by atoms with Crippen molar-refractivity contribution >= 4 is 11.6 Å². The fourth-order valence-corrected chi connectivity index (χ4v) is 2.14. The lowest BCUT2D eigenvalue weighted by atomic mass is 10.2. The maximum atomic E-state index is 12.2. The van der Waals surface area contributed by atoms with Gasteiger partial charge in [-0.15, -0.1) is 0 Å². The molecule has 0 saturated carbocycles. The highest BCUT2D eigenvalue weighted by atomic mass is 16.5. The van der Waals surface area contributed by atoms with Crippen LogP contribution in [0.15, 0.2) is 61.1 Å². The van der Waals surface area contributed by atoms with Crippen molar-refractivity contribution in [2.75, 3.05) is 5.32 Å². The largest absolute Gasteiger partial charge is 0.473 e. The van der Waals surface area contributed by atoms with E-state index in [1.165, 1.54) is 6.20 Å². The Morgan fingerprint density at radius 1 is 1.17 bits per heavy atom. The van der Waals surface area contributed by atoms with Crippen molar-refractivity contribution in [1.29, 1.82) is 0 Å². The second-order valence-electron chi connectivity index (χ2n) is 5.20. The first kappa shape index (κ1) is 15.7. The molecule has 0 fully saturated rings. The van der Waals surface area contributed by atoms with Gasteiger partial charge in [-0.1, -0.05) is 30.3 Å². The predicted octanol–water partition coefficient (Wildman–Crippen LogP) is 3.13. The van der Waals surface area contributed by atoms with E-state index in [9.17, 15) is 4.79 Å². The Morgan fingerprint density at radius 2 is 2.00 bits per heavy atom. The average Bonchev–Trinajstić information content (AvgIpc) is 3.09. The second kappa shape index (κ2) is 7.41. The summed E-state index contributed by atoms with van der Waals surface area (Å²) >= 11 is 0. The lowest BCUT2D eigenvalue weighted by Gasteiger charge is -2.06. The van der Waals surface area contributed by atoms with Crippen LogP contribution in [-0.2, 0) is 13.2 Å². The van der Waals surface area contributed by atoms with Gasteiger partial charge in [-0.2, -0.15) is 5.10 Å². The van der Waals surface area contributed by atoms with Gasteiger partial charge in [0.05, 0.1) is 17.4 Å². The van der Waals surface area contributed by atoms with Crippen LogP contribution in [0.3, 0.4) is 0 Å². The zero-order chi connectivity index (χ0) is 16.8. The summed E-state index contributed by atoms with van der Waals surface area (Å²) in [5.41, 5.74) is 2.19. The zero-order valence-electron chi connectivity index (χ0n) is 13.3. The minimum absolute atomic E-state index is 0.229.